The van der Waals surface area contributed by atoms with Gasteiger partial charge in [-0.3, -0.25) is 0 Å². The molecule has 1 saturated heterocycles. The topological polar surface area (TPSA) is 81.3 Å². The molecule has 8 nitrogen and oxygen atoms in total. The van der Waals surface area contributed by atoms with E-state index in [1.807, 2.05) is 11.0 Å². The zero-order chi connectivity index (χ0) is 23.9. The zero-order valence-corrected chi connectivity index (χ0v) is 20.5. The van der Waals surface area contributed by atoms with Gasteiger partial charge < -0.3 is 34.5 Å². The normalized spacial score (nSPS) is 14.1. The van der Waals surface area contributed by atoms with Crippen LogP contribution in [0.4, 0.5) is 10.5 Å². The van der Waals surface area contributed by atoms with Crippen molar-refractivity contribution in [2.24, 2.45) is 0 Å². The fraction of sp³-hybridized carbons (Fsp3) is 0.640. The maximum Gasteiger partial charge on any atom is 0.321 e. The summed E-state index contributed by atoms with van der Waals surface area (Å²) in [5.41, 5.74) is 0.601. The number of nitrogens with one attached hydrogen (secondary N) is 2. The minimum atomic E-state index is -0.135. The Morgan fingerprint density at radius 2 is 1.70 bits per heavy atom. The van der Waals surface area contributed by atoms with Crippen LogP contribution in [0.3, 0.4) is 0 Å². The Morgan fingerprint density at radius 1 is 1.03 bits per heavy atom. The van der Waals surface area contributed by atoms with Gasteiger partial charge >= 0.3 is 6.03 Å². The molecule has 1 fully saturated rings. The molecule has 0 spiro atoms. The lowest BCUT2D eigenvalue weighted by Gasteiger charge is -2.32. The van der Waals surface area contributed by atoms with Crippen molar-refractivity contribution in [3.63, 3.8) is 0 Å². The van der Waals surface area contributed by atoms with Crippen molar-refractivity contribution in [3.8, 4) is 17.2 Å². The summed E-state index contributed by atoms with van der Waals surface area (Å²) in [5.74, 6) is 1.50. The third-order valence-corrected chi connectivity index (χ3v) is 5.77. The summed E-state index contributed by atoms with van der Waals surface area (Å²) in [7, 11) is 4.66. The molecule has 1 aliphatic rings. The molecule has 186 valence electrons. The molecule has 1 aliphatic heterocycles. The number of amides is 2. The number of piperidine rings is 1. The molecule has 2 amide bonds. The number of anilines is 1. The van der Waals surface area contributed by atoms with E-state index in [0.717, 1.165) is 45.4 Å². The molecule has 1 heterocycles. The van der Waals surface area contributed by atoms with Crippen molar-refractivity contribution in [2.45, 2.75) is 51.0 Å². The van der Waals surface area contributed by atoms with Gasteiger partial charge in [-0.15, -0.1) is 6.58 Å². The molecular formula is C25H41N3O5. The van der Waals surface area contributed by atoms with Gasteiger partial charge in [0.15, 0.2) is 11.5 Å². The smallest absolute Gasteiger partial charge is 0.321 e. The second kappa shape index (κ2) is 15.4. The number of urea groups is 1. The molecule has 0 radical (unpaired) electrons. The van der Waals surface area contributed by atoms with Crippen LogP contribution in [0.15, 0.2) is 24.8 Å². The van der Waals surface area contributed by atoms with Gasteiger partial charge in [-0.1, -0.05) is 18.9 Å². The summed E-state index contributed by atoms with van der Waals surface area (Å²) in [4.78, 5) is 14.5. The molecule has 0 aromatic heterocycles. The highest BCUT2D eigenvalue weighted by atomic mass is 16.5. The van der Waals surface area contributed by atoms with E-state index in [9.17, 15) is 4.79 Å². The van der Waals surface area contributed by atoms with Crippen molar-refractivity contribution >= 4 is 11.7 Å². The van der Waals surface area contributed by atoms with Crippen LogP contribution in [0.2, 0.25) is 0 Å². The number of rotatable bonds is 15. The minimum Gasteiger partial charge on any atom is -0.493 e. The van der Waals surface area contributed by atoms with Crippen molar-refractivity contribution in [3.05, 3.63) is 24.8 Å². The SMILES string of the molecule is C=CCCNCCCCCCOC1CCN(C(=O)Nc2cc(OC)c(OC)c(OC)c2)CC1. The number of nitrogens with zero attached hydrogens (tertiary/aromatic N) is 1. The summed E-state index contributed by atoms with van der Waals surface area (Å²) in [5, 5.41) is 6.35. The van der Waals surface area contributed by atoms with Crippen molar-refractivity contribution in [2.75, 3.05) is 59.4 Å². The van der Waals surface area contributed by atoms with E-state index in [4.69, 9.17) is 18.9 Å². The molecule has 0 saturated carbocycles. The van der Waals surface area contributed by atoms with E-state index in [-0.39, 0.29) is 12.1 Å². The molecular weight excluding hydrogens is 422 g/mol. The first-order valence-electron chi connectivity index (χ1n) is 11.9. The van der Waals surface area contributed by atoms with Gasteiger partial charge in [0.05, 0.1) is 33.1 Å². The Bertz CT molecular complexity index is 695. The Kier molecular flexibility index (Phi) is 12.5. The quantitative estimate of drug-likeness (QED) is 0.295. The van der Waals surface area contributed by atoms with Crippen molar-refractivity contribution in [1.29, 1.82) is 0 Å². The molecule has 8 heteroatoms. The van der Waals surface area contributed by atoms with E-state index in [1.54, 1.807) is 33.5 Å². The summed E-state index contributed by atoms with van der Waals surface area (Å²) < 4.78 is 22.1. The van der Waals surface area contributed by atoms with E-state index >= 15 is 0 Å². The van der Waals surface area contributed by atoms with Gasteiger partial charge in [-0.25, -0.2) is 4.79 Å². The predicted molar refractivity (Wildman–Crippen MR) is 132 cm³/mol. The first-order valence-corrected chi connectivity index (χ1v) is 11.9. The van der Waals surface area contributed by atoms with E-state index in [0.29, 0.717) is 36.0 Å². The Labute approximate surface area is 198 Å². The Balaban J connectivity index is 1.64. The van der Waals surface area contributed by atoms with Crippen LogP contribution in [0.25, 0.3) is 0 Å². The van der Waals surface area contributed by atoms with Gasteiger partial charge in [-0.05, 0) is 45.2 Å². The first-order chi connectivity index (χ1) is 16.1. The molecule has 1 aromatic carbocycles. The highest BCUT2D eigenvalue weighted by Crippen LogP contribution is 2.40. The molecule has 0 bridgehead atoms. The van der Waals surface area contributed by atoms with Crippen LogP contribution in [0.5, 0.6) is 17.2 Å². The van der Waals surface area contributed by atoms with Gasteiger partial charge in [-0.2, -0.15) is 0 Å². The molecule has 0 aliphatic carbocycles. The number of carbonyl (C=O) groups excluding carboxylic acids is 1. The summed E-state index contributed by atoms with van der Waals surface area (Å²) in [6, 6.07) is 3.32. The van der Waals surface area contributed by atoms with E-state index in [2.05, 4.69) is 17.2 Å². The minimum absolute atomic E-state index is 0.135. The summed E-state index contributed by atoms with van der Waals surface area (Å²) in [6.45, 7) is 7.97. The summed E-state index contributed by atoms with van der Waals surface area (Å²) >= 11 is 0. The number of unbranched alkanes of at least 4 members (excludes halogenated alkanes) is 3. The number of carbonyl (C=O) groups is 1. The lowest BCUT2D eigenvalue weighted by atomic mass is 10.1. The largest absolute Gasteiger partial charge is 0.493 e. The fourth-order valence-corrected chi connectivity index (χ4v) is 3.87. The second-order valence-electron chi connectivity index (χ2n) is 8.14. The van der Waals surface area contributed by atoms with Crippen LogP contribution in [0.1, 0.15) is 44.9 Å². The molecule has 2 N–H and O–H groups in total. The number of hydrogen-bond donors (Lipinski definition) is 2. The zero-order valence-electron chi connectivity index (χ0n) is 20.5. The number of methoxy groups -OCH3 is 3. The van der Waals surface area contributed by atoms with Crippen LogP contribution in [-0.4, -0.2) is 71.2 Å². The third-order valence-electron chi connectivity index (χ3n) is 5.77. The maximum atomic E-state index is 12.7. The number of hydrogen-bond acceptors (Lipinski definition) is 6. The molecule has 2 rings (SSSR count). The van der Waals surface area contributed by atoms with E-state index in [1.165, 1.54) is 19.3 Å². The molecule has 0 atom stereocenters. The van der Waals surface area contributed by atoms with Crippen LogP contribution >= 0.6 is 0 Å². The monoisotopic (exact) mass is 463 g/mol. The summed E-state index contributed by atoms with van der Waals surface area (Å²) in [6.07, 6.45) is 9.63. The van der Waals surface area contributed by atoms with Gasteiger partial charge in [0, 0.05) is 31.8 Å². The standard InChI is InChI=1S/C25H41N3O5/c1-5-6-13-26-14-9-7-8-10-17-33-21-11-15-28(16-12-21)25(29)27-20-18-22(30-2)24(32-4)23(19-20)31-3/h5,18-19,21,26H,1,6-17H2,2-4H3,(H,27,29). The van der Waals surface area contributed by atoms with Gasteiger partial charge in [0.2, 0.25) is 5.75 Å². The third kappa shape index (κ3) is 9.14. The fourth-order valence-electron chi connectivity index (χ4n) is 3.87. The van der Waals surface area contributed by atoms with Crippen LogP contribution < -0.4 is 24.8 Å². The van der Waals surface area contributed by atoms with Crippen molar-refractivity contribution in [1.82, 2.24) is 10.2 Å². The number of benzene rings is 1. The molecule has 33 heavy (non-hydrogen) atoms. The van der Waals surface area contributed by atoms with E-state index < -0.39 is 0 Å². The maximum absolute atomic E-state index is 12.7. The van der Waals surface area contributed by atoms with Gasteiger partial charge in [0.1, 0.15) is 0 Å². The second-order valence-corrected chi connectivity index (χ2v) is 8.14. The Hall–Kier alpha value is -2.45. The highest BCUT2D eigenvalue weighted by Gasteiger charge is 2.24. The number of ether oxygens (including phenoxy) is 4. The number of likely N-dealkylation sites (tertiary alicyclic amines) is 1. The lowest BCUT2D eigenvalue weighted by molar-refractivity contribution is 0.0141. The Morgan fingerprint density at radius 3 is 2.30 bits per heavy atom. The van der Waals surface area contributed by atoms with Crippen LogP contribution in [0, 0.1) is 0 Å². The predicted octanol–water partition coefficient (Wildman–Crippen LogP) is 4.45. The van der Waals surface area contributed by atoms with Crippen LogP contribution in [-0.2, 0) is 4.74 Å². The van der Waals surface area contributed by atoms with Crippen molar-refractivity contribution < 1.29 is 23.7 Å². The first kappa shape index (κ1) is 26.8. The average Bonchev–Trinajstić information content (AvgIpc) is 2.84. The van der Waals surface area contributed by atoms with Gasteiger partial charge in [0.25, 0.3) is 0 Å². The highest BCUT2D eigenvalue weighted by molar-refractivity contribution is 5.90. The molecule has 0 unspecified atom stereocenters. The lowest BCUT2D eigenvalue weighted by Crippen LogP contribution is -2.43. The molecule has 1 aromatic rings. The average molecular weight is 464 g/mol.